The summed E-state index contributed by atoms with van der Waals surface area (Å²) in [5.41, 5.74) is 4.14. The molecule has 0 aliphatic rings. The fourth-order valence-corrected chi connectivity index (χ4v) is 8.26. The Kier molecular flexibility index (Phi) is 3.69. The van der Waals surface area contributed by atoms with E-state index in [0.29, 0.717) is 0 Å². The van der Waals surface area contributed by atoms with Crippen LogP contribution in [0.5, 0.6) is 0 Å². The first kappa shape index (κ1) is 13.2. The van der Waals surface area contributed by atoms with Crippen LogP contribution < -0.4 is 2.89 Å². The van der Waals surface area contributed by atoms with Crippen LogP contribution in [0.4, 0.5) is 0 Å². The zero-order valence-corrected chi connectivity index (χ0v) is 15.0. The molecule has 2 heteroatoms. The SMILES string of the molecule is Cc1ccc(C)c(-c2cc[c]([Sn]([CH3])([CH3])[CH3])s2)c1. The van der Waals surface area contributed by atoms with Crippen molar-refractivity contribution < 1.29 is 0 Å². The van der Waals surface area contributed by atoms with Gasteiger partial charge in [-0.3, -0.25) is 0 Å². The monoisotopic (exact) mass is 352 g/mol. The molecule has 0 atom stereocenters. The maximum absolute atomic E-state index is 2.48. The summed E-state index contributed by atoms with van der Waals surface area (Å²) in [6.45, 7) is 4.37. The van der Waals surface area contributed by atoms with Crippen LogP contribution in [0.25, 0.3) is 10.4 Å². The molecular formula is C15H20SSn. The fraction of sp³-hybridized carbons (Fsp3) is 0.333. The third-order valence-electron chi connectivity index (χ3n) is 3.00. The van der Waals surface area contributed by atoms with E-state index in [9.17, 15) is 0 Å². The number of thiophene rings is 1. The first-order valence-electron chi connectivity index (χ1n) is 6.06. The van der Waals surface area contributed by atoms with Crippen LogP contribution in [-0.4, -0.2) is 18.4 Å². The van der Waals surface area contributed by atoms with E-state index in [2.05, 4.69) is 59.0 Å². The van der Waals surface area contributed by atoms with E-state index in [-0.39, 0.29) is 0 Å². The summed E-state index contributed by atoms with van der Waals surface area (Å²) >= 11 is 0.130. The summed E-state index contributed by atoms with van der Waals surface area (Å²) in [6, 6.07) is 11.4. The van der Waals surface area contributed by atoms with Gasteiger partial charge in [-0.1, -0.05) is 0 Å². The van der Waals surface area contributed by atoms with Crippen molar-refractivity contribution in [1.29, 1.82) is 0 Å². The van der Waals surface area contributed by atoms with E-state index in [1.165, 1.54) is 21.6 Å². The van der Waals surface area contributed by atoms with Gasteiger partial charge in [0.25, 0.3) is 0 Å². The summed E-state index contributed by atoms with van der Waals surface area (Å²) in [6.07, 6.45) is 0. The molecule has 2 rings (SSSR count). The Balaban J connectivity index is 2.47. The molecule has 0 aliphatic heterocycles. The molecule has 0 radical (unpaired) electrons. The van der Waals surface area contributed by atoms with E-state index in [1.807, 2.05) is 11.3 Å². The number of aryl methyl sites for hydroxylation is 2. The van der Waals surface area contributed by atoms with Gasteiger partial charge in [0, 0.05) is 0 Å². The average molecular weight is 351 g/mol. The van der Waals surface area contributed by atoms with Crippen molar-refractivity contribution in [2.45, 2.75) is 28.7 Å². The number of hydrogen-bond acceptors (Lipinski definition) is 1. The van der Waals surface area contributed by atoms with Crippen LogP contribution >= 0.6 is 11.3 Å². The summed E-state index contributed by atoms with van der Waals surface area (Å²) in [5.74, 6) is 0. The van der Waals surface area contributed by atoms with E-state index in [1.54, 1.807) is 2.89 Å². The molecule has 0 bridgehead atoms. The molecule has 90 valence electrons. The number of benzene rings is 1. The van der Waals surface area contributed by atoms with Gasteiger partial charge < -0.3 is 0 Å². The number of rotatable bonds is 2. The zero-order valence-electron chi connectivity index (χ0n) is 11.3. The minimum atomic E-state index is -1.88. The molecule has 0 nitrogen and oxygen atoms in total. The van der Waals surface area contributed by atoms with Crippen LogP contribution in [0.2, 0.25) is 14.8 Å². The molecular weight excluding hydrogens is 331 g/mol. The molecule has 0 unspecified atom stereocenters. The Bertz CT molecular complexity index is 532. The predicted molar refractivity (Wildman–Crippen MR) is 82.2 cm³/mol. The second kappa shape index (κ2) is 4.77. The molecule has 1 heterocycles. The van der Waals surface area contributed by atoms with Crippen LogP contribution in [0, 0.1) is 13.8 Å². The third-order valence-corrected chi connectivity index (χ3v) is 13.6. The molecule has 0 saturated heterocycles. The van der Waals surface area contributed by atoms with Crippen molar-refractivity contribution in [3.05, 3.63) is 41.5 Å². The van der Waals surface area contributed by atoms with Gasteiger partial charge in [0.2, 0.25) is 0 Å². The molecule has 0 N–H and O–H groups in total. The first-order chi connectivity index (χ1) is 7.88. The summed E-state index contributed by atoms with van der Waals surface area (Å²) < 4.78 is 1.66. The van der Waals surface area contributed by atoms with E-state index < -0.39 is 18.4 Å². The Morgan fingerprint density at radius 1 is 0.941 bits per heavy atom. The average Bonchev–Trinajstić information content (AvgIpc) is 2.70. The van der Waals surface area contributed by atoms with E-state index >= 15 is 0 Å². The summed E-state index contributed by atoms with van der Waals surface area (Å²) in [4.78, 5) is 8.88. The third kappa shape index (κ3) is 2.94. The first-order valence-corrected chi connectivity index (χ1v) is 16.9. The fourth-order valence-electron chi connectivity index (χ4n) is 1.89. The van der Waals surface area contributed by atoms with Gasteiger partial charge in [0.1, 0.15) is 0 Å². The molecule has 2 aromatic rings. The molecule has 0 saturated carbocycles. The van der Waals surface area contributed by atoms with Crippen LogP contribution in [-0.2, 0) is 0 Å². The standard InChI is InChI=1S/C12H11S.3CH3.Sn/c1-9-5-6-10(2)11(8-9)12-4-3-7-13-12;;;;/h3-6,8H,1-2H3;3*1H3;. The predicted octanol–water partition coefficient (Wildman–Crippen LogP) is 4.58. The van der Waals surface area contributed by atoms with Gasteiger partial charge in [-0.2, -0.15) is 0 Å². The molecule has 0 fully saturated rings. The Morgan fingerprint density at radius 3 is 2.24 bits per heavy atom. The molecule has 1 aromatic carbocycles. The second-order valence-corrected chi connectivity index (χ2v) is 22.2. The van der Waals surface area contributed by atoms with Crippen molar-refractivity contribution >= 4 is 32.6 Å². The second-order valence-electron chi connectivity index (χ2n) is 5.73. The summed E-state index contributed by atoms with van der Waals surface area (Å²) in [7, 11) is 0. The zero-order chi connectivity index (χ0) is 12.6. The Hall–Kier alpha value is -0.281. The van der Waals surface area contributed by atoms with Crippen molar-refractivity contribution in [2.24, 2.45) is 0 Å². The van der Waals surface area contributed by atoms with Crippen LogP contribution in [0.1, 0.15) is 11.1 Å². The van der Waals surface area contributed by atoms with E-state index in [0.717, 1.165) is 0 Å². The van der Waals surface area contributed by atoms with Gasteiger partial charge >= 0.3 is 113 Å². The Labute approximate surface area is 113 Å². The molecule has 1 aromatic heterocycles. The minimum absolute atomic E-state index is 1.35. The van der Waals surface area contributed by atoms with Crippen molar-refractivity contribution in [1.82, 2.24) is 0 Å². The molecule has 0 amide bonds. The quantitative estimate of drug-likeness (QED) is 0.695. The maximum atomic E-state index is 2.48. The Morgan fingerprint density at radius 2 is 1.65 bits per heavy atom. The van der Waals surface area contributed by atoms with Gasteiger partial charge in [-0.15, -0.1) is 0 Å². The normalized spacial score (nSPS) is 11.8. The van der Waals surface area contributed by atoms with Crippen molar-refractivity contribution in [3.8, 4) is 10.4 Å². The molecule has 0 aliphatic carbocycles. The van der Waals surface area contributed by atoms with Crippen molar-refractivity contribution in [2.75, 3.05) is 0 Å². The van der Waals surface area contributed by atoms with Crippen LogP contribution in [0.15, 0.2) is 30.3 Å². The summed E-state index contributed by atoms with van der Waals surface area (Å²) in [5, 5.41) is 0. The van der Waals surface area contributed by atoms with Crippen LogP contribution in [0.3, 0.4) is 0 Å². The van der Waals surface area contributed by atoms with Gasteiger partial charge in [-0.25, -0.2) is 0 Å². The number of hydrogen-bond donors (Lipinski definition) is 0. The van der Waals surface area contributed by atoms with Gasteiger partial charge in [0.15, 0.2) is 0 Å². The topological polar surface area (TPSA) is 0 Å². The van der Waals surface area contributed by atoms with Crippen molar-refractivity contribution in [3.63, 3.8) is 0 Å². The molecule has 0 spiro atoms. The van der Waals surface area contributed by atoms with E-state index in [4.69, 9.17) is 0 Å². The van der Waals surface area contributed by atoms with Gasteiger partial charge in [-0.05, 0) is 0 Å². The molecule has 17 heavy (non-hydrogen) atoms. The van der Waals surface area contributed by atoms with Gasteiger partial charge in [0.05, 0.1) is 0 Å².